The molecule has 0 bridgehead atoms. The SMILES string of the molecule is N[C@H](C(=O)O)C(O)CC(=O)O. The molecule has 6 heteroatoms. The Kier molecular flexibility index (Phi) is 3.49. The van der Waals surface area contributed by atoms with E-state index in [9.17, 15) is 9.59 Å². The van der Waals surface area contributed by atoms with Gasteiger partial charge in [0.15, 0.2) is 0 Å². The molecule has 0 aliphatic carbocycles. The van der Waals surface area contributed by atoms with Crippen molar-refractivity contribution in [3.05, 3.63) is 0 Å². The van der Waals surface area contributed by atoms with Crippen molar-refractivity contribution in [2.24, 2.45) is 5.73 Å². The zero-order valence-electron chi connectivity index (χ0n) is 5.60. The normalized spacial score (nSPS) is 15.5. The maximum atomic E-state index is 10.0. The Morgan fingerprint density at radius 3 is 2.09 bits per heavy atom. The minimum Gasteiger partial charge on any atom is -0.481 e. The van der Waals surface area contributed by atoms with Crippen molar-refractivity contribution < 1.29 is 24.9 Å². The zero-order chi connectivity index (χ0) is 9.02. The molecule has 0 aromatic carbocycles. The van der Waals surface area contributed by atoms with E-state index in [1.54, 1.807) is 0 Å². The molecule has 0 saturated heterocycles. The van der Waals surface area contributed by atoms with Crippen LogP contribution in [-0.2, 0) is 9.59 Å². The molecule has 0 aliphatic heterocycles. The Hall–Kier alpha value is -1.14. The van der Waals surface area contributed by atoms with Crippen molar-refractivity contribution in [1.29, 1.82) is 0 Å². The summed E-state index contributed by atoms with van der Waals surface area (Å²) < 4.78 is 0. The molecule has 6 nitrogen and oxygen atoms in total. The van der Waals surface area contributed by atoms with Crippen molar-refractivity contribution in [2.45, 2.75) is 18.6 Å². The van der Waals surface area contributed by atoms with E-state index < -0.39 is 30.5 Å². The fourth-order valence-corrected chi connectivity index (χ4v) is 0.470. The van der Waals surface area contributed by atoms with Crippen LogP contribution in [0.3, 0.4) is 0 Å². The van der Waals surface area contributed by atoms with Crippen molar-refractivity contribution in [2.75, 3.05) is 0 Å². The van der Waals surface area contributed by atoms with E-state index in [1.807, 2.05) is 0 Å². The summed E-state index contributed by atoms with van der Waals surface area (Å²) in [5, 5.41) is 25.1. The van der Waals surface area contributed by atoms with E-state index in [0.29, 0.717) is 0 Å². The first-order valence-electron chi connectivity index (χ1n) is 2.83. The van der Waals surface area contributed by atoms with E-state index >= 15 is 0 Å². The number of aliphatic hydroxyl groups excluding tert-OH is 1. The summed E-state index contributed by atoms with van der Waals surface area (Å²) >= 11 is 0. The highest BCUT2D eigenvalue weighted by atomic mass is 16.4. The van der Waals surface area contributed by atoms with Crippen molar-refractivity contribution >= 4 is 11.9 Å². The van der Waals surface area contributed by atoms with Gasteiger partial charge in [-0.15, -0.1) is 0 Å². The third kappa shape index (κ3) is 3.54. The lowest BCUT2D eigenvalue weighted by atomic mass is 10.1. The summed E-state index contributed by atoms with van der Waals surface area (Å²) in [5.74, 6) is -2.70. The van der Waals surface area contributed by atoms with E-state index in [1.165, 1.54) is 0 Å². The van der Waals surface area contributed by atoms with E-state index in [2.05, 4.69) is 0 Å². The van der Waals surface area contributed by atoms with E-state index in [4.69, 9.17) is 21.1 Å². The molecule has 0 aromatic rings. The molecule has 0 amide bonds. The van der Waals surface area contributed by atoms with Crippen LogP contribution in [0.25, 0.3) is 0 Å². The van der Waals surface area contributed by atoms with Gasteiger partial charge >= 0.3 is 11.9 Å². The molecule has 0 rings (SSSR count). The summed E-state index contributed by atoms with van der Waals surface area (Å²) in [6.07, 6.45) is -2.20. The monoisotopic (exact) mass is 163 g/mol. The van der Waals surface area contributed by atoms with Crippen molar-refractivity contribution in [3.8, 4) is 0 Å². The third-order valence-corrected chi connectivity index (χ3v) is 1.08. The number of aliphatic hydroxyl groups is 1. The van der Waals surface area contributed by atoms with Gasteiger partial charge in [0.25, 0.3) is 0 Å². The largest absolute Gasteiger partial charge is 0.481 e. The Bertz CT molecular complexity index is 168. The Morgan fingerprint density at radius 1 is 1.36 bits per heavy atom. The van der Waals surface area contributed by atoms with Crippen LogP contribution in [0.4, 0.5) is 0 Å². The molecule has 64 valence electrons. The van der Waals surface area contributed by atoms with E-state index in [0.717, 1.165) is 0 Å². The van der Waals surface area contributed by atoms with Crippen LogP contribution in [-0.4, -0.2) is 39.4 Å². The van der Waals surface area contributed by atoms with Gasteiger partial charge in [-0.05, 0) is 0 Å². The fourth-order valence-electron chi connectivity index (χ4n) is 0.470. The number of carbonyl (C=O) groups is 2. The summed E-state index contributed by atoms with van der Waals surface area (Å²) in [5.41, 5.74) is 4.90. The first kappa shape index (κ1) is 9.86. The highest BCUT2D eigenvalue weighted by Gasteiger charge is 2.23. The second kappa shape index (κ2) is 3.89. The average Bonchev–Trinajstić information content (AvgIpc) is 1.84. The van der Waals surface area contributed by atoms with Crippen molar-refractivity contribution in [1.82, 2.24) is 0 Å². The van der Waals surface area contributed by atoms with Crippen LogP contribution in [0.15, 0.2) is 0 Å². The molecule has 0 spiro atoms. The van der Waals surface area contributed by atoms with Crippen LogP contribution in [0.2, 0.25) is 0 Å². The van der Waals surface area contributed by atoms with Crippen LogP contribution in [0.1, 0.15) is 6.42 Å². The minimum absolute atomic E-state index is 0.659. The lowest BCUT2D eigenvalue weighted by molar-refractivity contribution is -0.144. The zero-order valence-corrected chi connectivity index (χ0v) is 5.60. The van der Waals surface area contributed by atoms with Crippen LogP contribution >= 0.6 is 0 Å². The highest BCUT2D eigenvalue weighted by Crippen LogP contribution is 1.96. The lowest BCUT2D eigenvalue weighted by Crippen LogP contribution is -2.42. The van der Waals surface area contributed by atoms with Crippen molar-refractivity contribution in [3.63, 3.8) is 0 Å². The molecular formula is C5H9NO5. The summed E-state index contributed by atoms with van der Waals surface area (Å²) in [6, 6.07) is -1.54. The number of carboxylic acid groups (broad SMARTS) is 2. The van der Waals surface area contributed by atoms with Gasteiger partial charge in [-0.25, -0.2) is 0 Å². The maximum absolute atomic E-state index is 10.0. The van der Waals surface area contributed by atoms with Crippen LogP contribution in [0.5, 0.6) is 0 Å². The van der Waals surface area contributed by atoms with Gasteiger partial charge in [-0.1, -0.05) is 0 Å². The van der Waals surface area contributed by atoms with Gasteiger partial charge in [0.2, 0.25) is 0 Å². The van der Waals surface area contributed by atoms with Gasteiger partial charge in [0.1, 0.15) is 6.04 Å². The smallest absolute Gasteiger partial charge is 0.323 e. The lowest BCUT2D eigenvalue weighted by Gasteiger charge is -2.11. The van der Waals surface area contributed by atoms with Gasteiger partial charge in [-0.2, -0.15) is 0 Å². The molecule has 0 aliphatic rings. The van der Waals surface area contributed by atoms with Gasteiger partial charge < -0.3 is 21.1 Å². The highest BCUT2D eigenvalue weighted by molar-refractivity contribution is 5.76. The molecule has 0 saturated carbocycles. The molecule has 0 heterocycles. The average molecular weight is 163 g/mol. The Labute approximate surface area is 62.2 Å². The quantitative estimate of drug-likeness (QED) is 0.389. The molecule has 11 heavy (non-hydrogen) atoms. The summed E-state index contributed by atoms with van der Waals surface area (Å²) in [7, 11) is 0. The van der Waals surface area contributed by atoms with Gasteiger partial charge in [0, 0.05) is 0 Å². The number of rotatable bonds is 4. The summed E-state index contributed by atoms with van der Waals surface area (Å²) in [4.78, 5) is 20.0. The topological polar surface area (TPSA) is 121 Å². The predicted octanol–water partition coefficient (Wildman–Crippen LogP) is -1.77. The minimum atomic E-state index is -1.54. The molecular weight excluding hydrogens is 154 g/mol. The molecule has 2 atom stereocenters. The molecule has 0 fully saturated rings. The second-order valence-electron chi connectivity index (χ2n) is 2.03. The fraction of sp³-hybridized carbons (Fsp3) is 0.600. The number of hydrogen-bond donors (Lipinski definition) is 4. The molecule has 0 radical (unpaired) electrons. The third-order valence-electron chi connectivity index (χ3n) is 1.08. The molecule has 1 unspecified atom stereocenters. The molecule has 0 aromatic heterocycles. The van der Waals surface area contributed by atoms with Crippen LogP contribution in [0, 0.1) is 0 Å². The second-order valence-corrected chi connectivity index (χ2v) is 2.03. The Morgan fingerprint density at radius 2 is 1.82 bits per heavy atom. The van der Waals surface area contributed by atoms with Crippen LogP contribution < -0.4 is 5.73 Å². The standard InChI is InChI=1S/C5H9NO5/c6-4(5(10)11)2(7)1-3(8)9/h2,4,7H,1,6H2,(H,8,9)(H,10,11)/t2?,4-/m0/s1. The Balaban J connectivity index is 3.92. The number of nitrogens with two attached hydrogens (primary N) is 1. The van der Waals surface area contributed by atoms with Gasteiger partial charge in [-0.3, -0.25) is 9.59 Å². The summed E-state index contributed by atoms with van der Waals surface area (Å²) in [6.45, 7) is 0. The number of aliphatic carboxylic acids is 2. The number of hydrogen-bond acceptors (Lipinski definition) is 4. The molecule has 5 N–H and O–H groups in total. The predicted molar refractivity (Wildman–Crippen MR) is 33.9 cm³/mol. The first-order valence-corrected chi connectivity index (χ1v) is 2.83. The van der Waals surface area contributed by atoms with Gasteiger partial charge in [0.05, 0.1) is 12.5 Å². The maximum Gasteiger partial charge on any atom is 0.323 e. The van der Waals surface area contributed by atoms with E-state index in [-0.39, 0.29) is 0 Å². The first-order chi connectivity index (χ1) is 4.95. The number of carboxylic acids is 2.